The smallest absolute Gasteiger partial charge is 0.321 e. The molecule has 1 aromatic heterocycles. The minimum Gasteiger partial charge on any atom is -0.321 e. The maximum atomic E-state index is 12.8. The number of carbonyl (C=O) groups excluding carboxylic acids is 1. The van der Waals surface area contributed by atoms with Crippen molar-refractivity contribution in [3.63, 3.8) is 0 Å². The van der Waals surface area contributed by atoms with Crippen molar-refractivity contribution in [1.29, 1.82) is 0 Å². The molecule has 4 nitrogen and oxygen atoms in total. The molecule has 0 aliphatic carbocycles. The lowest BCUT2D eigenvalue weighted by Crippen LogP contribution is -2.13. The molecule has 0 spiro atoms. The van der Waals surface area contributed by atoms with Crippen molar-refractivity contribution in [3.05, 3.63) is 45.7 Å². The van der Waals surface area contributed by atoms with Gasteiger partial charge in [-0.1, -0.05) is 17.7 Å². The van der Waals surface area contributed by atoms with E-state index in [4.69, 9.17) is 11.6 Å². The number of halogens is 4. The lowest BCUT2D eigenvalue weighted by Gasteiger charge is -2.07. The zero-order chi connectivity index (χ0) is 16.7. The first kappa shape index (κ1) is 16.4. The Bertz CT molecular complexity index is 738. The van der Waals surface area contributed by atoms with Crippen LogP contribution in [0.15, 0.2) is 18.2 Å². The summed E-state index contributed by atoms with van der Waals surface area (Å²) in [6, 6.07) is 5.17. The van der Waals surface area contributed by atoms with E-state index in [9.17, 15) is 18.0 Å². The van der Waals surface area contributed by atoms with Gasteiger partial charge in [0.2, 0.25) is 0 Å². The van der Waals surface area contributed by atoms with Crippen molar-refractivity contribution in [2.45, 2.75) is 20.0 Å². The van der Waals surface area contributed by atoms with Crippen LogP contribution in [0.4, 0.5) is 18.9 Å². The molecule has 0 unspecified atom stereocenters. The summed E-state index contributed by atoms with van der Waals surface area (Å²) in [5.74, 6) is -0.792. The average Bonchev–Trinajstić information content (AvgIpc) is 2.69. The van der Waals surface area contributed by atoms with Crippen LogP contribution >= 0.6 is 11.6 Å². The van der Waals surface area contributed by atoms with Gasteiger partial charge >= 0.3 is 6.18 Å². The van der Waals surface area contributed by atoms with E-state index in [0.717, 1.165) is 18.2 Å². The van der Waals surface area contributed by atoms with Crippen LogP contribution in [0.1, 0.15) is 27.3 Å². The molecular formula is C14H13ClF3N3O. The quantitative estimate of drug-likeness (QED) is 0.905. The van der Waals surface area contributed by atoms with Gasteiger partial charge in [0.05, 0.1) is 0 Å². The third-order valence-corrected chi connectivity index (χ3v) is 3.60. The summed E-state index contributed by atoms with van der Waals surface area (Å²) in [5.41, 5.74) is 0.826. The summed E-state index contributed by atoms with van der Waals surface area (Å²) in [4.78, 5) is 12.1. The summed E-state index contributed by atoms with van der Waals surface area (Å²) in [7, 11) is 1.08. The summed E-state index contributed by atoms with van der Waals surface area (Å²) >= 11 is 5.67. The van der Waals surface area contributed by atoms with Gasteiger partial charge in [0, 0.05) is 12.7 Å². The molecule has 0 aliphatic heterocycles. The largest absolute Gasteiger partial charge is 0.434 e. The molecule has 1 N–H and O–H groups in total. The lowest BCUT2D eigenvalue weighted by molar-refractivity contribution is -0.143. The molecule has 8 heteroatoms. The van der Waals surface area contributed by atoms with E-state index in [1.165, 1.54) is 0 Å². The van der Waals surface area contributed by atoms with Gasteiger partial charge in [-0.15, -0.1) is 0 Å². The SMILES string of the molecule is Cc1ccc(NC(=O)c2nn(C)c(C(F)(F)F)c2Cl)cc1C. The van der Waals surface area contributed by atoms with Crippen molar-refractivity contribution < 1.29 is 18.0 Å². The topological polar surface area (TPSA) is 46.9 Å². The predicted molar refractivity (Wildman–Crippen MR) is 77.1 cm³/mol. The molecule has 0 fully saturated rings. The highest BCUT2D eigenvalue weighted by Crippen LogP contribution is 2.36. The fourth-order valence-corrected chi connectivity index (χ4v) is 2.31. The molecule has 2 rings (SSSR count). The Balaban J connectivity index is 2.32. The number of nitrogens with zero attached hydrogens (tertiary/aromatic N) is 2. The Hall–Kier alpha value is -2.02. The van der Waals surface area contributed by atoms with Crippen LogP contribution in [0.3, 0.4) is 0 Å². The van der Waals surface area contributed by atoms with E-state index in [2.05, 4.69) is 10.4 Å². The van der Waals surface area contributed by atoms with Crippen molar-refractivity contribution in [3.8, 4) is 0 Å². The Morgan fingerprint density at radius 3 is 2.41 bits per heavy atom. The van der Waals surface area contributed by atoms with Crippen molar-refractivity contribution in [2.24, 2.45) is 7.05 Å². The third-order valence-electron chi connectivity index (χ3n) is 3.24. The van der Waals surface area contributed by atoms with Gasteiger partial charge in [-0.25, -0.2) is 0 Å². The normalized spacial score (nSPS) is 11.6. The second-order valence-electron chi connectivity index (χ2n) is 4.89. The molecule has 0 saturated heterocycles. The first-order valence-electron chi connectivity index (χ1n) is 6.29. The van der Waals surface area contributed by atoms with Crippen LogP contribution in [0.5, 0.6) is 0 Å². The molecule has 22 heavy (non-hydrogen) atoms. The second-order valence-corrected chi connectivity index (χ2v) is 5.26. The van der Waals surface area contributed by atoms with Crippen LogP contribution in [0, 0.1) is 13.8 Å². The Labute approximate surface area is 129 Å². The van der Waals surface area contributed by atoms with Crippen molar-refractivity contribution in [2.75, 3.05) is 5.32 Å². The monoisotopic (exact) mass is 331 g/mol. The highest BCUT2D eigenvalue weighted by atomic mass is 35.5. The Morgan fingerprint density at radius 2 is 1.91 bits per heavy atom. The lowest BCUT2D eigenvalue weighted by atomic mass is 10.1. The van der Waals surface area contributed by atoms with Gasteiger partial charge in [0.25, 0.3) is 5.91 Å². The van der Waals surface area contributed by atoms with Gasteiger partial charge < -0.3 is 5.32 Å². The number of anilines is 1. The first-order chi connectivity index (χ1) is 10.1. The van der Waals surface area contributed by atoms with Crippen LogP contribution in [-0.2, 0) is 13.2 Å². The number of rotatable bonds is 2. The number of hydrogen-bond donors (Lipinski definition) is 1. The van der Waals surface area contributed by atoms with Crippen LogP contribution < -0.4 is 5.32 Å². The number of carbonyl (C=O) groups is 1. The standard InChI is InChI=1S/C14H13ClF3N3O/c1-7-4-5-9(6-8(7)2)19-13(22)11-10(15)12(14(16,17)18)21(3)20-11/h4-6H,1-3H3,(H,19,22). The van der Waals surface area contributed by atoms with Crippen molar-refractivity contribution in [1.82, 2.24) is 9.78 Å². The van der Waals surface area contributed by atoms with Crippen LogP contribution in [0.2, 0.25) is 5.02 Å². The predicted octanol–water partition coefficient (Wildman–Crippen LogP) is 3.96. The van der Waals surface area contributed by atoms with E-state index < -0.39 is 28.5 Å². The van der Waals surface area contributed by atoms with E-state index in [1.54, 1.807) is 18.2 Å². The summed E-state index contributed by atoms with van der Waals surface area (Å²) in [5, 5.41) is 5.35. The number of benzene rings is 1. The number of aromatic nitrogens is 2. The van der Waals surface area contributed by atoms with Gasteiger partial charge in [0.15, 0.2) is 11.4 Å². The molecule has 1 amide bonds. The maximum absolute atomic E-state index is 12.8. The number of nitrogens with one attached hydrogen (secondary N) is 1. The average molecular weight is 332 g/mol. The van der Waals surface area contributed by atoms with E-state index >= 15 is 0 Å². The number of hydrogen-bond acceptors (Lipinski definition) is 2. The van der Waals surface area contributed by atoms with Crippen LogP contribution in [-0.4, -0.2) is 15.7 Å². The second kappa shape index (κ2) is 5.64. The minimum atomic E-state index is -4.68. The zero-order valence-corrected chi connectivity index (χ0v) is 12.8. The van der Waals surface area contributed by atoms with Crippen LogP contribution in [0.25, 0.3) is 0 Å². The maximum Gasteiger partial charge on any atom is 0.434 e. The van der Waals surface area contributed by atoms with E-state index in [-0.39, 0.29) is 0 Å². The number of aryl methyl sites for hydroxylation is 3. The zero-order valence-electron chi connectivity index (χ0n) is 12.0. The highest BCUT2D eigenvalue weighted by Gasteiger charge is 2.39. The molecule has 2 aromatic rings. The minimum absolute atomic E-state index is 0.461. The molecule has 1 aromatic carbocycles. The molecule has 0 atom stereocenters. The van der Waals surface area contributed by atoms with Gasteiger partial charge in [0.1, 0.15) is 5.02 Å². The number of alkyl halides is 3. The van der Waals surface area contributed by atoms with Gasteiger partial charge in [-0.05, 0) is 37.1 Å². The van der Waals surface area contributed by atoms with E-state index in [1.807, 2.05) is 13.8 Å². The molecule has 0 radical (unpaired) electrons. The Morgan fingerprint density at radius 1 is 1.27 bits per heavy atom. The third kappa shape index (κ3) is 3.09. The molecule has 0 saturated carbocycles. The summed E-state index contributed by atoms with van der Waals surface area (Å²) in [6.07, 6.45) is -4.68. The summed E-state index contributed by atoms with van der Waals surface area (Å²) in [6.45, 7) is 3.77. The molecular weight excluding hydrogens is 319 g/mol. The fraction of sp³-hybridized carbons (Fsp3) is 0.286. The molecule has 1 heterocycles. The molecule has 0 bridgehead atoms. The summed E-state index contributed by atoms with van der Waals surface area (Å²) < 4.78 is 39.1. The fourth-order valence-electron chi connectivity index (χ4n) is 1.96. The van der Waals surface area contributed by atoms with Crippen molar-refractivity contribution >= 4 is 23.2 Å². The van der Waals surface area contributed by atoms with Gasteiger partial charge in [-0.3, -0.25) is 9.48 Å². The van der Waals surface area contributed by atoms with Gasteiger partial charge in [-0.2, -0.15) is 18.3 Å². The number of amides is 1. The molecule has 0 aliphatic rings. The first-order valence-corrected chi connectivity index (χ1v) is 6.67. The Kier molecular flexibility index (Phi) is 4.19. The molecule has 118 valence electrons. The highest BCUT2D eigenvalue weighted by molar-refractivity contribution is 6.34. The van der Waals surface area contributed by atoms with E-state index in [0.29, 0.717) is 10.4 Å².